The SMILES string of the molecule is Cc1cccc(C)c1OC1CN(C(=O)c2ccccn2)C1. The fourth-order valence-corrected chi connectivity index (χ4v) is 2.48. The van der Waals surface area contributed by atoms with Gasteiger partial charge in [-0.15, -0.1) is 0 Å². The molecule has 0 unspecified atom stereocenters. The molecule has 4 heteroatoms. The lowest BCUT2D eigenvalue weighted by atomic mass is 10.1. The van der Waals surface area contributed by atoms with Crippen LogP contribution in [0, 0.1) is 13.8 Å². The van der Waals surface area contributed by atoms with Crippen LogP contribution in [-0.2, 0) is 0 Å². The summed E-state index contributed by atoms with van der Waals surface area (Å²) in [6, 6.07) is 11.5. The van der Waals surface area contributed by atoms with E-state index in [1.54, 1.807) is 23.2 Å². The topological polar surface area (TPSA) is 42.4 Å². The zero-order valence-corrected chi connectivity index (χ0v) is 12.2. The number of likely N-dealkylation sites (tertiary alicyclic amines) is 1. The smallest absolute Gasteiger partial charge is 0.272 e. The summed E-state index contributed by atoms with van der Waals surface area (Å²) in [4.78, 5) is 18.0. The number of rotatable bonds is 3. The summed E-state index contributed by atoms with van der Waals surface area (Å²) in [7, 11) is 0. The highest BCUT2D eigenvalue weighted by molar-refractivity contribution is 5.92. The quantitative estimate of drug-likeness (QED) is 0.869. The Kier molecular flexibility index (Phi) is 3.60. The van der Waals surface area contributed by atoms with Gasteiger partial charge in [-0.3, -0.25) is 9.78 Å². The summed E-state index contributed by atoms with van der Waals surface area (Å²) < 4.78 is 6.01. The molecule has 0 radical (unpaired) electrons. The average molecular weight is 282 g/mol. The van der Waals surface area contributed by atoms with Gasteiger partial charge < -0.3 is 9.64 Å². The van der Waals surface area contributed by atoms with Crippen LogP contribution in [0.2, 0.25) is 0 Å². The van der Waals surface area contributed by atoms with E-state index in [0.717, 1.165) is 16.9 Å². The Hall–Kier alpha value is -2.36. The normalized spacial score (nSPS) is 14.7. The lowest BCUT2D eigenvalue weighted by molar-refractivity contribution is 0.0168. The number of aromatic nitrogens is 1. The molecule has 1 saturated heterocycles. The van der Waals surface area contributed by atoms with Crippen LogP contribution in [0.1, 0.15) is 21.6 Å². The van der Waals surface area contributed by atoms with Gasteiger partial charge in [0.05, 0.1) is 13.1 Å². The molecular formula is C17H18N2O2. The van der Waals surface area contributed by atoms with Crippen molar-refractivity contribution in [1.82, 2.24) is 9.88 Å². The summed E-state index contributed by atoms with van der Waals surface area (Å²) in [6.45, 7) is 5.31. The maximum atomic E-state index is 12.2. The first-order valence-electron chi connectivity index (χ1n) is 7.08. The largest absolute Gasteiger partial charge is 0.486 e. The van der Waals surface area contributed by atoms with Crippen molar-refractivity contribution in [3.63, 3.8) is 0 Å². The number of carbonyl (C=O) groups excluding carboxylic acids is 1. The highest BCUT2D eigenvalue weighted by Gasteiger charge is 2.33. The fraction of sp³-hybridized carbons (Fsp3) is 0.294. The molecule has 1 aromatic carbocycles. The number of ether oxygens (including phenoxy) is 1. The third-order valence-corrected chi connectivity index (χ3v) is 3.71. The van der Waals surface area contributed by atoms with Crippen LogP contribution < -0.4 is 4.74 Å². The summed E-state index contributed by atoms with van der Waals surface area (Å²) >= 11 is 0. The van der Waals surface area contributed by atoms with Gasteiger partial charge in [-0.05, 0) is 37.1 Å². The minimum Gasteiger partial charge on any atom is -0.486 e. The van der Waals surface area contributed by atoms with E-state index < -0.39 is 0 Å². The van der Waals surface area contributed by atoms with Crippen molar-refractivity contribution in [1.29, 1.82) is 0 Å². The van der Waals surface area contributed by atoms with Crippen LogP contribution in [-0.4, -0.2) is 35.0 Å². The van der Waals surface area contributed by atoms with E-state index >= 15 is 0 Å². The number of carbonyl (C=O) groups is 1. The standard InChI is InChI=1S/C17H18N2O2/c1-12-6-5-7-13(2)16(12)21-14-10-19(11-14)17(20)15-8-3-4-9-18-15/h3-9,14H,10-11H2,1-2H3. The number of aryl methyl sites for hydroxylation is 2. The van der Waals surface area contributed by atoms with Crippen molar-refractivity contribution in [2.75, 3.05) is 13.1 Å². The molecule has 1 aromatic heterocycles. The molecule has 0 bridgehead atoms. The van der Waals surface area contributed by atoms with Gasteiger partial charge in [0.1, 0.15) is 17.5 Å². The zero-order valence-electron chi connectivity index (χ0n) is 12.2. The van der Waals surface area contributed by atoms with Crippen molar-refractivity contribution < 1.29 is 9.53 Å². The lowest BCUT2D eigenvalue weighted by Crippen LogP contribution is -2.56. The Morgan fingerprint density at radius 2 is 1.86 bits per heavy atom. The maximum Gasteiger partial charge on any atom is 0.272 e. The molecule has 1 aliphatic rings. The van der Waals surface area contributed by atoms with E-state index in [0.29, 0.717) is 18.8 Å². The summed E-state index contributed by atoms with van der Waals surface area (Å²) in [5.41, 5.74) is 2.75. The first-order chi connectivity index (χ1) is 10.1. The van der Waals surface area contributed by atoms with Crippen LogP contribution in [0.25, 0.3) is 0 Å². The Morgan fingerprint density at radius 1 is 1.14 bits per heavy atom. The van der Waals surface area contributed by atoms with Gasteiger partial charge in [0.15, 0.2) is 0 Å². The lowest BCUT2D eigenvalue weighted by Gasteiger charge is -2.39. The Labute approximate surface area is 124 Å². The van der Waals surface area contributed by atoms with E-state index in [1.807, 2.05) is 38.1 Å². The predicted octanol–water partition coefficient (Wildman–Crippen LogP) is 2.60. The summed E-state index contributed by atoms with van der Waals surface area (Å²) in [5, 5.41) is 0. The zero-order chi connectivity index (χ0) is 14.8. The van der Waals surface area contributed by atoms with Crippen molar-refractivity contribution in [2.24, 2.45) is 0 Å². The van der Waals surface area contributed by atoms with Gasteiger partial charge in [0, 0.05) is 6.20 Å². The summed E-state index contributed by atoms with van der Waals surface area (Å²) in [5.74, 6) is 0.907. The van der Waals surface area contributed by atoms with Gasteiger partial charge >= 0.3 is 0 Å². The molecule has 1 aliphatic heterocycles. The molecule has 0 spiro atoms. The van der Waals surface area contributed by atoms with Crippen molar-refractivity contribution >= 4 is 5.91 Å². The molecule has 1 fully saturated rings. The third kappa shape index (κ3) is 2.75. The predicted molar refractivity (Wildman–Crippen MR) is 80.5 cm³/mol. The average Bonchev–Trinajstić information content (AvgIpc) is 2.45. The minimum absolute atomic E-state index is 0.0306. The fourth-order valence-electron chi connectivity index (χ4n) is 2.48. The van der Waals surface area contributed by atoms with Gasteiger partial charge in [-0.2, -0.15) is 0 Å². The number of pyridine rings is 1. The number of benzene rings is 1. The molecule has 2 heterocycles. The van der Waals surface area contributed by atoms with Crippen LogP contribution in [0.3, 0.4) is 0 Å². The van der Waals surface area contributed by atoms with Crippen LogP contribution in [0.5, 0.6) is 5.75 Å². The number of amides is 1. The van der Waals surface area contributed by atoms with E-state index in [2.05, 4.69) is 4.98 Å². The molecular weight excluding hydrogens is 264 g/mol. The molecule has 108 valence electrons. The van der Waals surface area contributed by atoms with Crippen LogP contribution in [0.15, 0.2) is 42.6 Å². The van der Waals surface area contributed by atoms with E-state index in [-0.39, 0.29) is 12.0 Å². The van der Waals surface area contributed by atoms with Gasteiger partial charge in [0.25, 0.3) is 5.91 Å². The second-order valence-corrected chi connectivity index (χ2v) is 5.39. The molecule has 0 atom stereocenters. The van der Waals surface area contributed by atoms with Crippen LogP contribution >= 0.6 is 0 Å². The molecule has 0 N–H and O–H groups in total. The van der Waals surface area contributed by atoms with Crippen molar-refractivity contribution in [3.05, 3.63) is 59.4 Å². The molecule has 0 saturated carbocycles. The van der Waals surface area contributed by atoms with Crippen molar-refractivity contribution in [3.8, 4) is 5.75 Å². The minimum atomic E-state index is -0.0306. The maximum absolute atomic E-state index is 12.2. The second-order valence-electron chi connectivity index (χ2n) is 5.39. The molecule has 1 amide bonds. The number of para-hydroxylation sites is 1. The number of hydrogen-bond donors (Lipinski definition) is 0. The molecule has 2 aromatic rings. The molecule has 21 heavy (non-hydrogen) atoms. The van der Waals surface area contributed by atoms with Crippen LogP contribution in [0.4, 0.5) is 0 Å². The van der Waals surface area contributed by atoms with Gasteiger partial charge in [0.2, 0.25) is 0 Å². The molecule has 0 aliphatic carbocycles. The Bertz CT molecular complexity index is 629. The monoisotopic (exact) mass is 282 g/mol. The van der Waals surface area contributed by atoms with E-state index in [4.69, 9.17) is 4.74 Å². The number of nitrogens with zero attached hydrogens (tertiary/aromatic N) is 2. The Morgan fingerprint density at radius 3 is 2.48 bits per heavy atom. The van der Waals surface area contributed by atoms with Gasteiger partial charge in [-0.1, -0.05) is 24.3 Å². The first-order valence-corrected chi connectivity index (χ1v) is 7.08. The van der Waals surface area contributed by atoms with E-state index in [9.17, 15) is 4.79 Å². The summed E-state index contributed by atoms with van der Waals surface area (Å²) in [6.07, 6.45) is 1.70. The molecule has 3 rings (SSSR count). The van der Waals surface area contributed by atoms with E-state index in [1.165, 1.54) is 0 Å². The first kappa shape index (κ1) is 13.6. The van der Waals surface area contributed by atoms with Gasteiger partial charge in [-0.25, -0.2) is 0 Å². The number of hydrogen-bond acceptors (Lipinski definition) is 3. The molecule has 4 nitrogen and oxygen atoms in total. The Balaban J connectivity index is 1.60. The third-order valence-electron chi connectivity index (χ3n) is 3.71. The van der Waals surface area contributed by atoms with Crippen molar-refractivity contribution in [2.45, 2.75) is 20.0 Å². The second kappa shape index (κ2) is 5.56. The highest BCUT2D eigenvalue weighted by Crippen LogP contribution is 2.26. The highest BCUT2D eigenvalue weighted by atomic mass is 16.5.